The number of benzene rings is 1. The number of carboxylic acids is 1. The Kier molecular flexibility index (Phi) is 9.50. The number of halogens is 1. The molecule has 1 aliphatic rings. The predicted molar refractivity (Wildman–Crippen MR) is 107 cm³/mol. The Hall–Kier alpha value is -1.86. The number of unbranched alkanes of at least 4 members (excludes halogenated alkanes) is 1. The second kappa shape index (κ2) is 11.9. The number of hydrogen-bond acceptors (Lipinski definition) is 5. The van der Waals surface area contributed by atoms with Crippen molar-refractivity contribution >= 4 is 17.6 Å². The SMILES string of the molecule is O=C(O)CCC/C=C\C[C@H]1[C@@H](O)CO[C@@H]1/C=C/[C@@H](O)COc1cccc(Cl)c1. The molecule has 0 bridgehead atoms. The van der Waals surface area contributed by atoms with Gasteiger partial charge in [0.15, 0.2) is 0 Å². The lowest BCUT2D eigenvalue weighted by atomic mass is 9.94. The van der Waals surface area contributed by atoms with Gasteiger partial charge in [-0.1, -0.05) is 42.0 Å². The number of aliphatic hydroxyl groups is 2. The van der Waals surface area contributed by atoms with Crippen LogP contribution >= 0.6 is 11.6 Å². The average molecular weight is 411 g/mol. The maximum Gasteiger partial charge on any atom is 0.303 e. The first-order valence-electron chi connectivity index (χ1n) is 9.37. The predicted octanol–water partition coefficient (Wildman–Crippen LogP) is 3.21. The van der Waals surface area contributed by atoms with Crippen molar-refractivity contribution in [3.63, 3.8) is 0 Å². The van der Waals surface area contributed by atoms with E-state index in [1.54, 1.807) is 36.4 Å². The lowest BCUT2D eigenvalue weighted by Crippen LogP contribution is -2.23. The van der Waals surface area contributed by atoms with Gasteiger partial charge in [-0.3, -0.25) is 4.79 Å². The van der Waals surface area contributed by atoms with Crippen LogP contribution in [0.2, 0.25) is 5.02 Å². The Balaban J connectivity index is 1.76. The maximum absolute atomic E-state index is 10.5. The molecule has 6 nitrogen and oxygen atoms in total. The van der Waals surface area contributed by atoms with E-state index >= 15 is 0 Å². The highest BCUT2D eigenvalue weighted by Crippen LogP contribution is 2.26. The number of hydrogen-bond donors (Lipinski definition) is 3. The van der Waals surface area contributed by atoms with Crippen LogP contribution in [0.5, 0.6) is 5.75 Å². The van der Waals surface area contributed by atoms with Crippen molar-refractivity contribution in [2.45, 2.75) is 44.0 Å². The van der Waals surface area contributed by atoms with Crippen molar-refractivity contribution in [2.24, 2.45) is 5.92 Å². The van der Waals surface area contributed by atoms with Gasteiger partial charge in [0.05, 0.1) is 18.8 Å². The van der Waals surface area contributed by atoms with Crippen LogP contribution in [0.25, 0.3) is 0 Å². The minimum atomic E-state index is -0.812. The molecule has 0 spiro atoms. The van der Waals surface area contributed by atoms with E-state index in [0.29, 0.717) is 30.0 Å². The number of rotatable bonds is 11. The summed E-state index contributed by atoms with van der Waals surface area (Å²) in [6.45, 7) is 0.335. The second-order valence-corrected chi connectivity index (χ2v) is 7.18. The van der Waals surface area contributed by atoms with Gasteiger partial charge in [0, 0.05) is 17.4 Å². The highest BCUT2D eigenvalue weighted by molar-refractivity contribution is 6.30. The fourth-order valence-electron chi connectivity index (χ4n) is 2.94. The maximum atomic E-state index is 10.5. The molecule has 1 heterocycles. The largest absolute Gasteiger partial charge is 0.491 e. The molecule has 0 aromatic heterocycles. The molecule has 4 atom stereocenters. The second-order valence-electron chi connectivity index (χ2n) is 6.74. The summed E-state index contributed by atoms with van der Waals surface area (Å²) in [5, 5.41) is 29.4. The quantitative estimate of drug-likeness (QED) is 0.383. The highest BCUT2D eigenvalue weighted by Gasteiger charge is 2.33. The van der Waals surface area contributed by atoms with E-state index in [4.69, 9.17) is 26.2 Å². The Morgan fingerprint density at radius 3 is 2.96 bits per heavy atom. The third-order valence-electron chi connectivity index (χ3n) is 4.45. The van der Waals surface area contributed by atoms with Gasteiger partial charge >= 0.3 is 5.97 Å². The summed E-state index contributed by atoms with van der Waals surface area (Å²) < 4.78 is 11.1. The minimum Gasteiger partial charge on any atom is -0.491 e. The van der Waals surface area contributed by atoms with Crippen LogP contribution in [0.1, 0.15) is 25.7 Å². The van der Waals surface area contributed by atoms with Crippen molar-refractivity contribution < 1.29 is 29.6 Å². The molecule has 1 aromatic rings. The first-order chi connectivity index (χ1) is 13.5. The first-order valence-corrected chi connectivity index (χ1v) is 9.74. The summed E-state index contributed by atoms with van der Waals surface area (Å²) in [4.78, 5) is 10.5. The average Bonchev–Trinajstić information content (AvgIpc) is 3.01. The topological polar surface area (TPSA) is 96.2 Å². The molecule has 0 amide bonds. The van der Waals surface area contributed by atoms with E-state index in [2.05, 4.69) is 0 Å². The molecule has 7 heteroatoms. The van der Waals surface area contributed by atoms with Crippen LogP contribution in [0.4, 0.5) is 0 Å². The van der Waals surface area contributed by atoms with Crippen LogP contribution in [0, 0.1) is 5.92 Å². The summed E-state index contributed by atoms with van der Waals surface area (Å²) >= 11 is 5.89. The molecule has 3 N–H and O–H groups in total. The minimum absolute atomic E-state index is 0.0836. The molecule has 1 aromatic carbocycles. The van der Waals surface area contributed by atoms with Crippen molar-refractivity contribution in [1.82, 2.24) is 0 Å². The summed E-state index contributed by atoms with van der Waals surface area (Å²) in [7, 11) is 0. The number of allylic oxidation sites excluding steroid dienone is 2. The van der Waals surface area contributed by atoms with Crippen molar-refractivity contribution in [3.05, 3.63) is 53.6 Å². The van der Waals surface area contributed by atoms with Crippen LogP contribution < -0.4 is 4.74 Å². The normalized spacial score (nSPS) is 23.5. The third-order valence-corrected chi connectivity index (χ3v) is 4.69. The molecule has 0 saturated carbocycles. The third kappa shape index (κ3) is 8.02. The number of aliphatic hydroxyl groups excluding tert-OH is 2. The fraction of sp³-hybridized carbons (Fsp3) is 0.476. The van der Waals surface area contributed by atoms with Crippen LogP contribution in [-0.2, 0) is 9.53 Å². The Labute approximate surface area is 170 Å². The zero-order valence-corrected chi connectivity index (χ0v) is 16.4. The molecule has 1 fully saturated rings. The molecule has 28 heavy (non-hydrogen) atoms. The number of ether oxygens (including phenoxy) is 2. The Morgan fingerprint density at radius 1 is 1.39 bits per heavy atom. The lowest BCUT2D eigenvalue weighted by Gasteiger charge is -2.16. The lowest BCUT2D eigenvalue weighted by molar-refractivity contribution is -0.137. The van der Waals surface area contributed by atoms with Gasteiger partial charge in [0.25, 0.3) is 0 Å². The monoisotopic (exact) mass is 410 g/mol. The van der Waals surface area contributed by atoms with E-state index in [1.165, 1.54) is 0 Å². The van der Waals surface area contributed by atoms with E-state index < -0.39 is 18.2 Å². The molecule has 0 unspecified atom stereocenters. The van der Waals surface area contributed by atoms with Gasteiger partial charge in [0.1, 0.15) is 18.5 Å². The van der Waals surface area contributed by atoms with Gasteiger partial charge in [-0.05, 0) is 37.5 Å². The first kappa shape index (κ1) is 22.4. The van der Waals surface area contributed by atoms with E-state index in [1.807, 2.05) is 12.2 Å². The fourth-order valence-corrected chi connectivity index (χ4v) is 3.12. The van der Waals surface area contributed by atoms with Crippen LogP contribution in [-0.4, -0.2) is 52.8 Å². The molecule has 1 aliphatic heterocycles. The van der Waals surface area contributed by atoms with E-state index in [9.17, 15) is 15.0 Å². The molecular weight excluding hydrogens is 384 g/mol. The number of carbonyl (C=O) groups is 1. The molecular formula is C21H27ClO6. The summed E-state index contributed by atoms with van der Waals surface area (Å²) in [6, 6.07) is 6.95. The number of carboxylic acid groups (broad SMARTS) is 1. The number of aliphatic carboxylic acids is 1. The molecule has 154 valence electrons. The van der Waals surface area contributed by atoms with E-state index in [0.717, 1.165) is 0 Å². The highest BCUT2D eigenvalue weighted by atomic mass is 35.5. The smallest absolute Gasteiger partial charge is 0.303 e. The standard InChI is InChI=1S/C21H27ClO6/c22-15-6-5-7-17(12-15)27-13-16(23)10-11-20-18(19(24)14-28-20)8-3-1-2-4-9-21(25)26/h1,3,5-7,10-12,16,18-20,23-24H,2,4,8-9,13-14H2,(H,25,26)/b3-1-,11-10+/t16-,18+,19+,20-/m1/s1. The Morgan fingerprint density at radius 2 is 2.21 bits per heavy atom. The van der Waals surface area contributed by atoms with Crippen molar-refractivity contribution in [3.8, 4) is 5.75 Å². The van der Waals surface area contributed by atoms with E-state index in [-0.39, 0.29) is 31.7 Å². The zero-order valence-electron chi connectivity index (χ0n) is 15.6. The Bertz CT molecular complexity index is 675. The van der Waals surface area contributed by atoms with Gasteiger partial charge in [0.2, 0.25) is 0 Å². The van der Waals surface area contributed by atoms with Gasteiger partial charge in [-0.25, -0.2) is 0 Å². The summed E-state index contributed by atoms with van der Waals surface area (Å²) in [6.07, 6.45) is 7.63. The van der Waals surface area contributed by atoms with Crippen LogP contribution in [0.3, 0.4) is 0 Å². The van der Waals surface area contributed by atoms with Crippen LogP contribution in [0.15, 0.2) is 48.6 Å². The molecule has 0 radical (unpaired) electrons. The molecule has 1 saturated heterocycles. The summed E-state index contributed by atoms with van der Waals surface area (Å²) in [5.74, 6) is -0.317. The summed E-state index contributed by atoms with van der Waals surface area (Å²) in [5.41, 5.74) is 0. The van der Waals surface area contributed by atoms with Crippen molar-refractivity contribution in [1.29, 1.82) is 0 Å². The van der Waals surface area contributed by atoms with Gasteiger partial charge < -0.3 is 24.8 Å². The molecule has 0 aliphatic carbocycles. The zero-order chi connectivity index (χ0) is 20.4. The van der Waals surface area contributed by atoms with Gasteiger partial charge in [-0.15, -0.1) is 0 Å². The van der Waals surface area contributed by atoms with Crippen molar-refractivity contribution in [2.75, 3.05) is 13.2 Å². The molecule has 2 rings (SSSR count). The van der Waals surface area contributed by atoms with Gasteiger partial charge in [-0.2, -0.15) is 0 Å².